The fraction of sp³-hybridized carbons (Fsp3) is 0.275. The predicted molar refractivity (Wildman–Crippen MR) is 212 cm³/mol. The average Bonchev–Trinajstić information content (AvgIpc) is 3.63. The van der Waals surface area contributed by atoms with Gasteiger partial charge in [-0.2, -0.15) is 0 Å². The van der Waals surface area contributed by atoms with Gasteiger partial charge in [0.25, 0.3) is 10.0 Å². The van der Waals surface area contributed by atoms with Crippen molar-refractivity contribution in [3.05, 3.63) is 138 Å². The summed E-state index contributed by atoms with van der Waals surface area (Å²) in [5.74, 6) is -0.698. The monoisotopic (exact) mass is 814 g/mol. The van der Waals surface area contributed by atoms with Gasteiger partial charge < -0.3 is 19.6 Å². The van der Waals surface area contributed by atoms with Crippen molar-refractivity contribution in [3.63, 3.8) is 0 Å². The molecule has 2 aliphatic heterocycles. The Morgan fingerprint density at radius 2 is 1.77 bits per heavy atom. The lowest BCUT2D eigenvalue weighted by atomic mass is 9.98. The van der Waals surface area contributed by atoms with Crippen LogP contribution in [0.3, 0.4) is 0 Å². The number of piperazine rings is 1. The van der Waals surface area contributed by atoms with Gasteiger partial charge in [-0.3, -0.25) is 19.4 Å². The molecular weight excluding hydrogens is 772 g/mol. The van der Waals surface area contributed by atoms with Gasteiger partial charge in [0.1, 0.15) is 18.0 Å². The highest BCUT2D eigenvalue weighted by molar-refractivity contribution is 7.94. The van der Waals surface area contributed by atoms with Crippen molar-refractivity contribution in [2.75, 3.05) is 19.6 Å². The summed E-state index contributed by atoms with van der Waals surface area (Å²) < 4.78 is 45.5. The van der Waals surface area contributed by atoms with Crippen LogP contribution in [0.1, 0.15) is 30.0 Å². The number of benzene rings is 3. The molecule has 2 saturated heterocycles. The van der Waals surface area contributed by atoms with E-state index in [1.807, 2.05) is 43.3 Å². The minimum Gasteiger partial charge on any atom is -0.404 e. The number of nitrogens with one attached hydrogen (secondary N) is 1. The van der Waals surface area contributed by atoms with Crippen LogP contribution in [0.2, 0.25) is 0 Å². The highest BCUT2D eigenvalue weighted by Gasteiger charge is 2.51. The van der Waals surface area contributed by atoms with Crippen molar-refractivity contribution in [1.82, 2.24) is 29.1 Å². The van der Waals surface area contributed by atoms with Crippen molar-refractivity contribution in [2.45, 2.75) is 45.1 Å². The Labute approximate surface area is 330 Å². The number of fused-ring (bicyclic) bond motifs is 2. The SMILES string of the molecule is C=CCN1CC(=O)N2[C@@H](Cc3ccc(OP(=O)(O)O)cc3)C(=O)N(Cc3cccc4ccn(S(=O)(=O)C5=CCC(C)C=C5)c34)C[C@@H]2N1C(=O)NCc1ccccc1. The molecule has 3 atom stereocenters. The van der Waals surface area contributed by atoms with Gasteiger partial charge in [0.2, 0.25) is 11.8 Å². The van der Waals surface area contributed by atoms with Gasteiger partial charge in [-0.25, -0.2) is 31.8 Å². The number of hydrogen-bond acceptors (Lipinski definition) is 8. The molecule has 7 rings (SSSR count). The number of aromatic nitrogens is 1. The smallest absolute Gasteiger partial charge is 0.404 e. The molecule has 298 valence electrons. The molecule has 0 radical (unpaired) electrons. The van der Waals surface area contributed by atoms with Crippen LogP contribution in [-0.2, 0) is 43.7 Å². The lowest BCUT2D eigenvalue weighted by Gasteiger charge is -2.55. The minimum atomic E-state index is -4.82. The van der Waals surface area contributed by atoms with Gasteiger partial charge in [0.05, 0.1) is 23.5 Å². The first kappa shape index (κ1) is 39.7. The van der Waals surface area contributed by atoms with Crippen molar-refractivity contribution in [2.24, 2.45) is 5.92 Å². The number of phosphoric ester groups is 1. The minimum absolute atomic E-state index is 0.0113. The summed E-state index contributed by atoms with van der Waals surface area (Å²) in [6.45, 7) is 5.83. The molecule has 2 fully saturated rings. The van der Waals surface area contributed by atoms with E-state index < -0.39 is 47.9 Å². The summed E-state index contributed by atoms with van der Waals surface area (Å²) in [6, 6.07) is 20.6. The van der Waals surface area contributed by atoms with Gasteiger partial charge in [0.15, 0.2) is 0 Å². The first-order chi connectivity index (χ1) is 27.2. The lowest BCUT2D eigenvalue weighted by Crippen LogP contribution is -2.76. The number of hydrogen-bond donors (Lipinski definition) is 3. The number of allylic oxidation sites excluding steroid dienone is 3. The highest BCUT2D eigenvalue weighted by atomic mass is 32.2. The van der Waals surface area contributed by atoms with Crippen molar-refractivity contribution >= 4 is 46.6 Å². The molecule has 3 aliphatic rings. The molecule has 4 amide bonds. The number of amides is 4. The molecule has 1 aliphatic carbocycles. The largest absolute Gasteiger partial charge is 0.524 e. The van der Waals surface area contributed by atoms with E-state index >= 15 is 0 Å². The molecule has 3 N–H and O–H groups in total. The number of carbonyl (C=O) groups excluding carboxylic acids is 3. The second kappa shape index (κ2) is 16.2. The third-order valence-electron chi connectivity index (χ3n) is 10.2. The Kier molecular flexibility index (Phi) is 11.3. The van der Waals surface area contributed by atoms with E-state index in [1.165, 1.54) is 32.2 Å². The molecule has 3 heterocycles. The van der Waals surface area contributed by atoms with E-state index in [1.54, 1.807) is 64.5 Å². The maximum absolute atomic E-state index is 14.7. The highest BCUT2D eigenvalue weighted by Crippen LogP contribution is 2.38. The summed E-state index contributed by atoms with van der Waals surface area (Å²) in [6.07, 6.45) is 7.86. The van der Waals surface area contributed by atoms with Crippen LogP contribution in [-0.4, -0.2) is 91.7 Å². The van der Waals surface area contributed by atoms with E-state index in [4.69, 9.17) is 4.52 Å². The number of carbonyl (C=O) groups is 3. The zero-order chi connectivity index (χ0) is 40.5. The number of phosphoric acid groups is 1. The molecule has 0 bridgehead atoms. The van der Waals surface area contributed by atoms with Gasteiger partial charge in [-0.1, -0.05) is 85.8 Å². The Balaban J connectivity index is 1.27. The normalized spacial score (nSPS) is 20.4. The third-order valence-corrected chi connectivity index (χ3v) is 12.4. The molecule has 57 heavy (non-hydrogen) atoms. The zero-order valence-electron chi connectivity index (χ0n) is 31.1. The fourth-order valence-corrected chi connectivity index (χ4v) is 9.39. The van der Waals surface area contributed by atoms with Gasteiger partial charge in [-0.05, 0) is 53.3 Å². The number of rotatable bonds is 12. The molecule has 3 aromatic carbocycles. The van der Waals surface area contributed by atoms with E-state index in [0.29, 0.717) is 28.5 Å². The third kappa shape index (κ3) is 8.46. The van der Waals surface area contributed by atoms with Crippen LogP contribution in [0, 0.1) is 5.92 Å². The number of para-hydroxylation sites is 1. The van der Waals surface area contributed by atoms with E-state index in [0.717, 1.165) is 5.56 Å². The van der Waals surface area contributed by atoms with Crippen LogP contribution in [0.15, 0.2) is 121 Å². The lowest BCUT2D eigenvalue weighted by molar-refractivity contribution is -0.189. The summed E-state index contributed by atoms with van der Waals surface area (Å²) in [5.41, 5.74) is 2.36. The molecule has 0 spiro atoms. The van der Waals surface area contributed by atoms with Crippen LogP contribution in [0.4, 0.5) is 4.79 Å². The molecule has 17 heteroatoms. The van der Waals surface area contributed by atoms with Crippen molar-refractivity contribution in [3.8, 4) is 5.75 Å². The maximum atomic E-state index is 14.7. The van der Waals surface area contributed by atoms with Gasteiger partial charge in [0, 0.05) is 37.6 Å². The Bertz CT molecular complexity index is 2410. The second-order valence-electron chi connectivity index (χ2n) is 14.2. The summed E-state index contributed by atoms with van der Waals surface area (Å²) >= 11 is 0. The van der Waals surface area contributed by atoms with E-state index in [-0.39, 0.29) is 55.7 Å². The molecule has 0 saturated carbocycles. The predicted octanol–water partition coefficient (Wildman–Crippen LogP) is 4.51. The number of nitrogens with zero attached hydrogens (tertiary/aromatic N) is 5. The summed E-state index contributed by atoms with van der Waals surface area (Å²) in [7, 11) is -8.83. The molecular formula is C40H43N6O9PS. The quantitative estimate of drug-likeness (QED) is 0.136. The molecule has 4 aromatic rings. The van der Waals surface area contributed by atoms with Gasteiger partial charge >= 0.3 is 13.9 Å². The van der Waals surface area contributed by atoms with Crippen LogP contribution >= 0.6 is 7.82 Å². The first-order valence-electron chi connectivity index (χ1n) is 18.4. The van der Waals surface area contributed by atoms with E-state index in [9.17, 15) is 37.2 Å². The standard InChI is InChI=1S/C40H43N6O9PS/c1-3-21-43-27-37(47)45-35(23-29-14-16-33(17-15-29)55-56(50,51)52)39(48)42(26-36(45)46(43)40(49)41-24-30-8-5-4-6-9-30)25-32-11-7-10-31-20-22-44(38(31)32)57(53,54)34-18-12-28(2)13-19-34/h3-12,14-20,22,28,35-36H,1,13,21,23-27H2,2H3,(H,41,49)(H2,50,51,52)/t28?,35-,36-/m0/s1. The molecule has 1 unspecified atom stereocenters. The first-order valence-corrected chi connectivity index (χ1v) is 21.3. The zero-order valence-corrected chi connectivity index (χ0v) is 32.8. The molecule has 15 nitrogen and oxygen atoms in total. The van der Waals surface area contributed by atoms with Crippen LogP contribution in [0.25, 0.3) is 10.9 Å². The Morgan fingerprint density at radius 3 is 2.46 bits per heavy atom. The Hall–Kier alpha value is -5.51. The van der Waals surface area contributed by atoms with Crippen LogP contribution < -0.4 is 9.84 Å². The van der Waals surface area contributed by atoms with Crippen molar-refractivity contribution < 1.29 is 41.7 Å². The van der Waals surface area contributed by atoms with Gasteiger partial charge in [-0.15, -0.1) is 6.58 Å². The van der Waals surface area contributed by atoms with E-state index in [2.05, 4.69) is 11.9 Å². The average molecular weight is 815 g/mol. The Morgan fingerprint density at radius 1 is 1.02 bits per heavy atom. The molecule has 1 aromatic heterocycles. The maximum Gasteiger partial charge on any atom is 0.524 e. The second-order valence-corrected chi connectivity index (χ2v) is 17.2. The summed E-state index contributed by atoms with van der Waals surface area (Å²) in [4.78, 5) is 64.7. The number of hydrazine groups is 1. The topological polar surface area (TPSA) is 182 Å². The van der Waals surface area contributed by atoms with Crippen LogP contribution in [0.5, 0.6) is 5.75 Å². The number of urea groups is 1. The fourth-order valence-electron chi connectivity index (χ4n) is 7.53. The van der Waals surface area contributed by atoms with Crippen molar-refractivity contribution in [1.29, 1.82) is 0 Å². The summed E-state index contributed by atoms with van der Waals surface area (Å²) in [5, 5.41) is 6.64.